The molecule has 0 amide bonds. The lowest BCUT2D eigenvalue weighted by atomic mass is 10.2. The number of halogens is 2. The Balaban J connectivity index is 2.14. The minimum atomic E-state index is -0.425. The van der Waals surface area contributed by atoms with E-state index in [2.05, 4.69) is 0 Å². The van der Waals surface area contributed by atoms with Crippen molar-refractivity contribution < 1.29 is 18.3 Å². The van der Waals surface area contributed by atoms with Gasteiger partial charge in [0.15, 0.2) is 0 Å². The molecule has 0 unspecified atom stereocenters. The first-order valence-corrected chi connectivity index (χ1v) is 7.35. The maximum absolute atomic E-state index is 13.3. The van der Waals surface area contributed by atoms with Crippen LogP contribution < -0.4 is 0 Å². The number of esters is 1. The summed E-state index contributed by atoms with van der Waals surface area (Å²) in [7, 11) is 0. The molecular weight excluding hydrogens is 270 g/mol. The molecule has 5 heteroatoms. The van der Waals surface area contributed by atoms with Gasteiger partial charge in [-0.1, -0.05) is 6.42 Å². The third kappa shape index (κ3) is 6.57. The van der Waals surface area contributed by atoms with Gasteiger partial charge in [-0.15, -0.1) is 11.8 Å². The minimum absolute atomic E-state index is 0.175. The highest BCUT2D eigenvalue weighted by atomic mass is 32.2. The number of unbranched alkanes of at least 4 members (excludes halogenated alkanes) is 2. The smallest absolute Gasteiger partial charge is 0.305 e. The van der Waals surface area contributed by atoms with Crippen LogP contribution in [0.3, 0.4) is 0 Å². The Kier molecular flexibility index (Phi) is 7.48. The van der Waals surface area contributed by atoms with Crippen LogP contribution in [0.1, 0.15) is 32.6 Å². The molecule has 0 saturated heterocycles. The van der Waals surface area contributed by atoms with Gasteiger partial charge in [0.05, 0.1) is 6.61 Å². The van der Waals surface area contributed by atoms with Gasteiger partial charge < -0.3 is 4.74 Å². The van der Waals surface area contributed by atoms with Crippen LogP contribution in [0.15, 0.2) is 23.1 Å². The second-order valence-corrected chi connectivity index (χ2v) is 5.18. The maximum atomic E-state index is 13.3. The second-order valence-electron chi connectivity index (χ2n) is 4.04. The van der Waals surface area contributed by atoms with Gasteiger partial charge in [0, 0.05) is 11.3 Å². The fraction of sp³-hybridized carbons (Fsp3) is 0.500. The number of benzene rings is 1. The lowest BCUT2D eigenvalue weighted by Crippen LogP contribution is -2.03. The summed E-state index contributed by atoms with van der Waals surface area (Å²) < 4.78 is 31.0. The van der Waals surface area contributed by atoms with Gasteiger partial charge in [0.2, 0.25) is 0 Å². The highest BCUT2D eigenvalue weighted by Gasteiger charge is 2.05. The summed E-state index contributed by atoms with van der Waals surface area (Å²) in [6, 6.07) is 3.45. The summed E-state index contributed by atoms with van der Waals surface area (Å²) in [5.41, 5.74) is 0. The lowest BCUT2D eigenvalue weighted by Gasteiger charge is -2.04. The Morgan fingerprint density at radius 1 is 1.26 bits per heavy atom. The molecule has 0 aliphatic carbocycles. The van der Waals surface area contributed by atoms with Crippen LogP contribution in [0.25, 0.3) is 0 Å². The molecule has 1 aromatic rings. The molecule has 19 heavy (non-hydrogen) atoms. The molecule has 0 radical (unpaired) electrons. The third-order valence-electron chi connectivity index (χ3n) is 2.48. The monoisotopic (exact) mass is 288 g/mol. The Morgan fingerprint density at radius 3 is 2.79 bits per heavy atom. The zero-order valence-corrected chi connectivity index (χ0v) is 11.8. The van der Waals surface area contributed by atoms with Gasteiger partial charge in [-0.3, -0.25) is 4.79 Å². The molecule has 0 fully saturated rings. The van der Waals surface area contributed by atoms with Crippen LogP contribution >= 0.6 is 11.8 Å². The highest BCUT2D eigenvalue weighted by molar-refractivity contribution is 7.99. The fourth-order valence-electron chi connectivity index (χ4n) is 1.55. The minimum Gasteiger partial charge on any atom is -0.466 e. The second kappa shape index (κ2) is 8.91. The highest BCUT2D eigenvalue weighted by Crippen LogP contribution is 2.23. The zero-order valence-electron chi connectivity index (χ0n) is 11.0. The van der Waals surface area contributed by atoms with Crippen molar-refractivity contribution in [3.8, 4) is 0 Å². The van der Waals surface area contributed by atoms with Crippen molar-refractivity contribution in [3.63, 3.8) is 0 Å². The molecule has 0 spiro atoms. The van der Waals surface area contributed by atoms with E-state index in [4.69, 9.17) is 4.74 Å². The maximum Gasteiger partial charge on any atom is 0.305 e. The lowest BCUT2D eigenvalue weighted by molar-refractivity contribution is -0.143. The zero-order chi connectivity index (χ0) is 14.1. The van der Waals surface area contributed by atoms with E-state index in [-0.39, 0.29) is 5.97 Å². The summed E-state index contributed by atoms with van der Waals surface area (Å²) >= 11 is 1.30. The summed E-state index contributed by atoms with van der Waals surface area (Å²) in [4.78, 5) is 11.4. The molecule has 0 atom stereocenters. The number of ether oxygens (including phenoxy) is 1. The molecule has 0 aromatic heterocycles. The van der Waals surface area contributed by atoms with Gasteiger partial charge in [0.1, 0.15) is 11.6 Å². The normalized spacial score (nSPS) is 10.5. The first kappa shape index (κ1) is 16.0. The number of hydrogen-bond acceptors (Lipinski definition) is 3. The van der Waals surface area contributed by atoms with Crippen molar-refractivity contribution in [2.75, 3.05) is 12.4 Å². The van der Waals surface area contributed by atoms with E-state index in [1.54, 1.807) is 6.92 Å². The van der Waals surface area contributed by atoms with E-state index in [0.29, 0.717) is 23.7 Å². The van der Waals surface area contributed by atoms with Crippen molar-refractivity contribution in [1.29, 1.82) is 0 Å². The van der Waals surface area contributed by atoms with E-state index < -0.39 is 11.6 Å². The molecule has 0 heterocycles. The molecule has 2 nitrogen and oxygen atoms in total. The molecule has 1 rings (SSSR count). The van der Waals surface area contributed by atoms with Crippen LogP contribution in [0, 0.1) is 11.6 Å². The van der Waals surface area contributed by atoms with E-state index in [1.165, 1.54) is 17.8 Å². The molecule has 0 aliphatic rings. The largest absolute Gasteiger partial charge is 0.466 e. The number of hydrogen-bond donors (Lipinski definition) is 0. The average molecular weight is 288 g/mol. The van der Waals surface area contributed by atoms with Crippen molar-refractivity contribution in [2.45, 2.75) is 37.5 Å². The Labute approximate surface area is 116 Å². The van der Waals surface area contributed by atoms with E-state index in [1.807, 2.05) is 0 Å². The van der Waals surface area contributed by atoms with Gasteiger partial charge in [0.25, 0.3) is 0 Å². The summed E-state index contributed by atoms with van der Waals surface area (Å²) in [5.74, 6) is -0.279. The number of rotatable bonds is 8. The van der Waals surface area contributed by atoms with Crippen LogP contribution in [-0.4, -0.2) is 18.3 Å². The number of carbonyl (C=O) groups excluding carboxylic acids is 1. The average Bonchev–Trinajstić information content (AvgIpc) is 2.38. The van der Waals surface area contributed by atoms with Crippen LogP contribution in [0.5, 0.6) is 0 Å². The van der Waals surface area contributed by atoms with Gasteiger partial charge in [-0.25, -0.2) is 8.78 Å². The predicted molar refractivity (Wildman–Crippen MR) is 72.2 cm³/mol. The molecule has 0 saturated carbocycles. The summed E-state index contributed by atoms with van der Waals surface area (Å²) in [6.45, 7) is 2.19. The topological polar surface area (TPSA) is 26.3 Å². The first-order valence-electron chi connectivity index (χ1n) is 6.37. The van der Waals surface area contributed by atoms with Crippen LogP contribution in [-0.2, 0) is 9.53 Å². The van der Waals surface area contributed by atoms with Gasteiger partial charge >= 0.3 is 5.97 Å². The summed E-state index contributed by atoms with van der Waals surface area (Å²) in [5, 5.41) is 0. The summed E-state index contributed by atoms with van der Waals surface area (Å²) in [6.07, 6.45) is 2.93. The Bertz CT molecular complexity index is 410. The third-order valence-corrected chi connectivity index (χ3v) is 3.60. The van der Waals surface area contributed by atoms with Gasteiger partial charge in [-0.2, -0.15) is 0 Å². The van der Waals surface area contributed by atoms with Crippen molar-refractivity contribution in [3.05, 3.63) is 29.8 Å². The standard InChI is InChI=1S/C14H18F2O2S/c1-2-18-14(17)6-4-3-5-9-19-13-10-11(15)7-8-12(13)16/h7-8,10H,2-6,9H2,1H3. The van der Waals surface area contributed by atoms with E-state index >= 15 is 0 Å². The number of carbonyl (C=O) groups is 1. The first-order chi connectivity index (χ1) is 9.13. The SMILES string of the molecule is CCOC(=O)CCCCCSc1cc(F)ccc1F. The van der Waals surface area contributed by atoms with Gasteiger partial charge in [-0.05, 0) is 43.7 Å². The molecule has 1 aromatic carbocycles. The Hall–Kier alpha value is -1.10. The van der Waals surface area contributed by atoms with E-state index in [9.17, 15) is 13.6 Å². The molecule has 106 valence electrons. The van der Waals surface area contributed by atoms with Crippen molar-refractivity contribution in [1.82, 2.24) is 0 Å². The molecular formula is C14H18F2O2S. The van der Waals surface area contributed by atoms with Crippen LogP contribution in [0.4, 0.5) is 8.78 Å². The van der Waals surface area contributed by atoms with Crippen molar-refractivity contribution >= 4 is 17.7 Å². The molecule has 0 bridgehead atoms. The fourth-order valence-corrected chi connectivity index (χ4v) is 2.52. The predicted octanol–water partition coefficient (Wildman–Crippen LogP) is 4.18. The van der Waals surface area contributed by atoms with E-state index in [0.717, 1.165) is 31.4 Å². The van der Waals surface area contributed by atoms with Crippen molar-refractivity contribution in [2.24, 2.45) is 0 Å². The number of thioether (sulfide) groups is 1. The van der Waals surface area contributed by atoms with Crippen LogP contribution in [0.2, 0.25) is 0 Å². The quantitative estimate of drug-likeness (QED) is 0.408. The molecule has 0 N–H and O–H groups in total. The Morgan fingerprint density at radius 2 is 2.05 bits per heavy atom. The molecule has 0 aliphatic heterocycles.